The van der Waals surface area contributed by atoms with Gasteiger partial charge in [-0.2, -0.15) is 0 Å². The van der Waals surface area contributed by atoms with Crippen LogP contribution < -0.4 is 0 Å². The molecule has 0 aromatic heterocycles. The lowest BCUT2D eigenvalue weighted by atomic mass is 9.94. The number of ketones is 1. The van der Waals surface area contributed by atoms with Crippen LogP contribution in [0.1, 0.15) is 37.5 Å². The van der Waals surface area contributed by atoms with Crippen molar-refractivity contribution in [1.29, 1.82) is 0 Å². The standard InChI is InChI=1S/C30H26O8/c1-2-12-23-25(31)27(38-30(34)22-17-10-5-11-18-22)26(37-29(33)21-15-8-4-9-16-21)24(36-23)19-35-28(32)20-13-6-3-7-14-20/h2-11,13-18,23-24,26-27H,1,12,19H2/t23-,24-,26-,27-/m1/s1. The minimum atomic E-state index is -1.51. The van der Waals surface area contributed by atoms with E-state index >= 15 is 0 Å². The summed E-state index contributed by atoms with van der Waals surface area (Å²) in [7, 11) is 0. The predicted molar refractivity (Wildman–Crippen MR) is 136 cm³/mol. The van der Waals surface area contributed by atoms with Crippen LogP contribution in [0.15, 0.2) is 104 Å². The Morgan fingerprint density at radius 3 is 1.71 bits per heavy atom. The smallest absolute Gasteiger partial charge is 0.338 e. The van der Waals surface area contributed by atoms with Gasteiger partial charge < -0.3 is 18.9 Å². The molecule has 0 radical (unpaired) electrons. The summed E-state index contributed by atoms with van der Waals surface area (Å²) < 4.78 is 22.7. The summed E-state index contributed by atoms with van der Waals surface area (Å²) in [6.07, 6.45) is -3.44. The third-order valence-corrected chi connectivity index (χ3v) is 5.87. The minimum absolute atomic E-state index is 0.112. The number of ether oxygens (including phenoxy) is 4. The first kappa shape index (κ1) is 26.5. The van der Waals surface area contributed by atoms with Gasteiger partial charge in [0, 0.05) is 0 Å². The molecule has 0 aliphatic carbocycles. The molecular weight excluding hydrogens is 488 g/mol. The molecule has 194 valence electrons. The van der Waals surface area contributed by atoms with E-state index in [0.29, 0.717) is 5.56 Å². The van der Waals surface area contributed by atoms with E-state index in [9.17, 15) is 19.2 Å². The lowest BCUT2D eigenvalue weighted by molar-refractivity contribution is -0.188. The molecule has 1 fully saturated rings. The van der Waals surface area contributed by atoms with Crippen LogP contribution in [-0.2, 0) is 23.7 Å². The number of Topliss-reactive ketones (excluding diaryl/α,β-unsaturated/α-hetero) is 1. The zero-order valence-electron chi connectivity index (χ0n) is 20.4. The monoisotopic (exact) mass is 514 g/mol. The molecule has 8 heteroatoms. The van der Waals surface area contributed by atoms with E-state index in [0.717, 1.165) is 0 Å². The van der Waals surface area contributed by atoms with Gasteiger partial charge in [-0.1, -0.05) is 60.7 Å². The summed E-state index contributed by atoms with van der Waals surface area (Å²) in [5.41, 5.74) is 0.750. The van der Waals surface area contributed by atoms with Crippen molar-refractivity contribution in [2.75, 3.05) is 6.61 Å². The van der Waals surface area contributed by atoms with E-state index < -0.39 is 48.1 Å². The summed E-state index contributed by atoms with van der Waals surface area (Å²) in [6, 6.07) is 24.6. The lowest BCUT2D eigenvalue weighted by Gasteiger charge is -2.39. The van der Waals surface area contributed by atoms with Crippen molar-refractivity contribution in [2.45, 2.75) is 30.8 Å². The largest absolute Gasteiger partial charge is 0.459 e. The number of hydrogen-bond acceptors (Lipinski definition) is 8. The fraction of sp³-hybridized carbons (Fsp3) is 0.200. The van der Waals surface area contributed by atoms with Crippen molar-refractivity contribution in [2.24, 2.45) is 0 Å². The number of carbonyl (C=O) groups excluding carboxylic acids is 4. The third-order valence-electron chi connectivity index (χ3n) is 5.87. The van der Waals surface area contributed by atoms with Crippen molar-refractivity contribution in [3.05, 3.63) is 120 Å². The Balaban J connectivity index is 1.62. The average Bonchev–Trinajstić information content (AvgIpc) is 2.96. The third kappa shape index (κ3) is 6.41. The van der Waals surface area contributed by atoms with Crippen molar-refractivity contribution in [3.63, 3.8) is 0 Å². The van der Waals surface area contributed by atoms with E-state index in [1.807, 2.05) is 0 Å². The number of rotatable bonds is 9. The van der Waals surface area contributed by atoms with Gasteiger partial charge in [0.05, 0.1) is 16.7 Å². The van der Waals surface area contributed by atoms with Crippen molar-refractivity contribution in [1.82, 2.24) is 0 Å². The van der Waals surface area contributed by atoms with Gasteiger partial charge in [0.2, 0.25) is 11.9 Å². The van der Waals surface area contributed by atoms with Crippen LogP contribution in [0.2, 0.25) is 0 Å². The van der Waals surface area contributed by atoms with Crippen molar-refractivity contribution in [3.8, 4) is 0 Å². The van der Waals surface area contributed by atoms with Gasteiger partial charge in [0.1, 0.15) is 18.8 Å². The molecule has 4 atom stereocenters. The minimum Gasteiger partial charge on any atom is -0.459 e. The van der Waals surface area contributed by atoms with E-state index in [4.69, 9.17) is 18.9 Å². The molecule has 0 bridgehead atoms. The van der Waals surface area contributed by atoms with Gasteiger partial charge in [-0.25, -0.2) is 14.4 Å². The summed E-state index contributed by atoms with van der Waals surface area (Å²) in [5.74, 6) is -2.75. The Kier molecular flexibility index (Phi) is 8.79. The summed E-state index contributed by atoms with van der Waals surface area (Å²) in [4.78, 5) is 51.9. The maximum atomic E-state index is 13.4. The van der Waals surface area contributed by atoms with E-state index in [1.54, 1.807) is 78.9 Å². The van der Waals surface area contributed by atoms with E-state index in [1.165, 1.54) is 18.2 Å². The number of carbonyl (C=O) groups is 4. The molecule has 38 heavy (non-hydrogen) atoms. The molecule has 0 N–H and O–H groups in total. The molecule has 8 nitrogen and oxygen atoms in total. The highest BCUT2D eigenvalue weighted by Crippen LogP contribution is 2.27. The van der Waals surface area contributed by atoms with Gasteiger partial charge in [0.15, 0.2) is 6.10 Å². The lowest BCUT2D eigenvalue weighted by Crippen LogP contribution is -2.59. The summed E-state index contributed by atoms with van der Waals surface area (Å²) >= 11 is 0. The first-order valence-corrected chi connectivity index (χ1v) is 12.0. The van der Waals surface area contributed by atoms with E-state index in [-0.39, 0.29) is 24.2 Å². The molecular formula is C30H26O8. The van der Waals surface area contributed by atoms with Gasteiger partial charge in [-0.15, -0.1) is 6.58 Å². The van der Waals surface area contributed by atoms with Crippen LogP contribution in [0, 0.1) is 0 Å². The molecule has 1 saturated heterocycles. The highest BCUT2D eigenvalue weighted by atomic mass is 16.6. The Morgan fingerprint density at radius 1 is 0.737 bits per heavy atom. The highest BCUT2D eigenvalue weighted by Gasteiger charge is 2.50. The number of hydrogen-bond donors (Lipinski definition) is 0. The highest BCUT2D eigenvalue weighted by molar-refractivity contribution is 5.96. The molecule has 1 heterocycles. The topological polar surface area (TPSA) is 105 Å². The van der Waals surface area contributed by atoms with Crippen LogP contribution in [0.25, 0.3) is 0 Å². The fourth-order valence-corrected chi connectivity index (χ4v) is 3.95. The van der Waals surface area contributed by atoms with Gasteiger partial charge >= 0.3 is 17.9 Å². The Morgan fingerprint density at radius 2 is 1.21 bits per heavy atom. The van der Waals surface area contributed by atoms with Crippen LogP contribution in [0.5, 0.6) is 0 Å². The van der Waals surface area contributed by atoms with E-state index in [2.05, 4.69) is 6.58 Å². The maximum Gasteiger partial charge on any atom is 0.338 e. The van der Waals surface area contributed by atoms with Crippen LogP contribution >= 0.6 is 0 Å². The first-order chi connectivity index (χ1) is 18.5. The molecule has 1 aliphatic rings. The SMILES string of the molecule is C=CC[C@H]1O[C@H](COC(=O)c2ccccc2)[C@@H](OC(=O)c2ccccc2)[C@H](OC(=O)c2ccccc2)C1=O. The maximum absolute atomic E-state index is 13.4. The molecule has 0 amide bonds. The summed E-state index contributed by atoms with van der Waals surface area (Å²) in [5, 5.41) is 0. The van der Waals surface area contributed by atoms with Crippen molar-refractivity contribution < 1.29 is 38.1 Å². The Labute approximate surface area is 219 Å². The van der Waals surface area contributed by atoms with Crippen LogP contribution in [0.4, 0.5) is 0 Å². The second kappa shape index (κ2) is 12.6. The zero-order valence-corrected chi connectivity index (χ0v) is 20.4. The second-order valence-corrected chi connectivity index (χ2v) is 8.48. The number of esters is 3. The first-order valence-electron chi connectivity index (χ1n) is 12.0. The molecule has 0 unspecified atom stereocenters. The van der Waals surface area contributed by atoms with Gasteiger partial charge in [-0.05, 0) is 42.8 Å². The molecule has 3 aromatic carbocycles. The van der Waals surface area contributed by atoms with Gasteiger partial charge in [0.25, 0.3) is 0 Å². The fourth-order valence-electron chi connectivity index (χ4n) is 3.95. The Bertz CT molecular complexity index is 1270. The second-order valence-electron chi connectivity index (χ2n) is 8.48. The normalized spacial score (nSPS) is 20.7. The summed E-state index contributed by atoms with van der Waals surface area (Å²) in [6.45, 7) is 3.30. The molecule has 4 rings (SSSR count). The molecule has 1 aliphatic heterocycles. The molecule has 0 saturated carbocycles. The predicted octanol–water partition coefficient (Wildman–Crippen LogP) is 4.21. The van der Waals surface area contributed by atoms with Crippen LogP contribution in [0.3, 0.4) is 0 Å². The molecule has 3 aromatic rings. The van der Waals surface area contributed by atoms with Crippen molar-refractivity contribution >= 4 is 23.7 Å². The zero-order chi connectivity index (χ0) is 26.9. The molecule has 0 spiro atoms. The number of benzene rings is 3. The Hall–Kier alpha value is -4.56. The average molecular weight is 515 g/mol. The quantitative estimate of drug-likeness (QED) is 0.238. The van der Waals surface area contributed by atoms with Gasteiger partial charge in [-0.3, -0.25) is 4.79 Å². The van der Waals surface area contributed by atoms with Crippen LogP contribution in [-0.4, -0.2) is 54.7 Å².